The first-order valence-electron chi connectivity index (χ1n) is 11.9. The van der Waals surface area contributed by atoms with Gasteiger partial charge in [-0.25, -0.2) is 0 Å². The Morgan fingerprint density at radius 1 is 0.583 bits per heavy atom. The maximum atomic E-state index is 4.27. The second kappa shape index (κ2) is 10.5. The third-order valence-corrected chi connectivity index (χ3v) is 7.60. The van der Waals surface area contributed by atoms with Crippen molar-refractivity contribution in [3.05, 3.63) is 97.6 Å². The van der Waals surface area contributed by atoms with E-state index in [0.29, 0.717) is 0 Å². The predicted octanol–water partition coefficient (Wildman–Crippen LogP) is 3.95. The van der Waals surface area contributed by atoms with Crippen LogP contribution in [-0.4, -0.2) is 65.7 Å². The van der Waals surface area contributed by atoms with Crippen molar-refractivity contribution in [2.24, 2.45) is 0 Å². The molecule has 0 amide bonds. The molecule has 182 valence electrons. The fraction of sp³-hybridized carbons (Fsp3) is 0.148. The summed E-state index contributed by atoms with van der Waals surface area (Å²) >= 11 is 2.47. The van der Waals surface area contributed by atoms with Gasteiger partial charge in [0.25, 0.3) is 0 Å². The van der Waals surface area contributed by atoms with E-state index in [1.54, 1.807) is 12.4 Å². The molecule has 0 spiro atoms. The summed E-state index contributed by atoms with van der Waals surface area (Å²) in [6, 6.07) is 25.7. The molecule has 1 aliphatic heterocycles. The molecular formula is C27H28B2N6Pt. The topological polar surface area (TPSA) is 38.7 Å². The molecule has 5 rings (SSSR count). The van der Waals surface area contributed by atoms with Gasteiger partial charge in [-0.3, -0.25) is 0 Å². The normalized spacial score (nSPS) is 13.9. The van der Waals surface area contributed by atoms with Gasteiger partial charge in [0.15, 0.2) is 0 Å². The zero-order valence-electron chi connectivity index (χ0n) is 20.9. The van der Waals surface area contributed by atoms with Gasteiger partial charge in [0.05, 0.1) is 0 Å². The quantitative estimate of drug-likeness (QED) is 0.294. The number of hydrogen-bond acceptors (Lipinski definition) is 6. The Hall–Kier alpha value is -3.05. The molecule has 0 radical (unpaired) electrons. The van der Waals surface area contributed by atoms with Crippen LogP contribution in [0.5, 0.6) is 0 Å². The second-order valence-electron chi connectivity index (χ2n) is 9.31. The number of rotatable bonds is 6. The van der Waals surface area contributed by atoms with Crippen LogP contribution in [0.25, 0.3) is 22.3 Å². The minimum atomic E-state index is 0.120. The molecule has 4 aromatic rings. The molecule has 0 aliphatic carbocycles. The number of aromatic nitrogens is 2. The van der Waals surface area contributed by atoms with Gasteiger partial charge in [0.1, 0.15) is 0 Å². The summed E-state index contributed by atoms with van der Waals surface area (Å²) in [7, 11) is 8.60. The molecular weight excluding hydrogens is 625 g/mol. The zero-order chi connectivity index (χ0) is 25.2. The number of nitrogens with zero attached hydrogens (tertiary/aromatic N) is 6. The van der Waals surface area contributed by atoms with E-state index in [4.69, 9.17) is 0 Å². The molecule has 0 N–H and O–H groups in total. The van der Waals surface area contributed by atoms with E-state index in [1.807, 2.05) is 24.5 Å². The van der Waals surface area contributed by atoms with Crippen molar-refractivity contribution in [2.75, 3.05) is 37.8 Å². The van der Waals surface area contributed by atoms with Gasteiger partial charge in [0, 0.05) is 0 Å². The third kappa shape index (κ3) is 4.69. The molecule has 0 saturated carbocycles. The van der Waals surface area contributed by atoms with Gasteiger partial charge >= 0.3 is 226 Å². The van der Waals surface area contributed by atoms with E-state index in [0.717, 1.165) is 37.8 Å². The Bertz CT molecular complexity index is 1220. The molecule has 2 aromatic heterocycles. The van der Waals surface area contributed by atoms with Gasteiger partial charge in [-0.1, -0.05) is 0 Å². The Morgan fingerprint density at radius 3 is 1.28 bits per heavy atom. The zero-order valence-corrected chi connectivity index (χ0v) is 23.2. The monoisotopic (exact) mass is 653 g/mol. The van der Waals surface area contributed by atoms with Crippen LogP contribution in [0.15, 0.2) is 97.6 Å². The van der Waals surface area contributed by atoms with E-state index >= 15 is 0 Å². The van der Waals surface area contributed by atoms with Gasteiger partial charge in [-0.15, -0.1) is 0 Å². The third-order valence-electron chi connectivity index (χ3n) is 6.50. The first-order valence-corrected chi connectivity index (χ1v) is 13.0. The molecule has 1 aliphatic rings. The van der Waals surface area contributed by atoms with Crippen LogP contribution in [0.3, 0.4) is 0 Å². The van der Waals surface area contributed by atoms with Crippen LogP contribution >= 0.6 is 0 Å². The molecule has 6 nitrogen and oxygen atoms in total. The first-order chi connectivity index (χ1) is 17.5. The van der Waals surface area contributed by atoms with E-state index in [-0.39, 0.29) is 13.7 Å². The molecule has 1 fully saturated rings. The second-order valence-corrected chi connectivity index (χ2v) is 10.3. The van der Waals surface area contributed by atoms with Crippen LogP contribution in [0.1, 0.15) is 0 Å². The number of anilines is 2. The Labute approximate surface area is 225 Å². The average Bonchev–Trinajstić information content (AvgIpc) is 3.23. The van der Waals surface area contributed by atoms with Crippen LogP contribution < -0.4 is 9.62 Å². The molecule has 0 bridgehead atoms. The van der Waals surface area contributed by atoms with Gasteiger partial charge in [0.2, 0.25) is 0 Å². The van der Waals surface area contributed by atoms with Crippen molar-refractivity contribution >= 4 is 29.3 Å². The summed E-state index contributed by atoms with van der Waals surface area (Å²) in [6.45, 7) is 0.240. The van der Waals surface area contributed by atoms with E-state index in [2.05, 4.69) is 137 Å². The number of hydrogen-bond donors (Lipinski definition) is 0. The number of pyridine rings is 2. The molecule has 0 unspecified atom stereocenters. The standard InChI is InChI=1S/C27H28B2N6.Pt/c1-32(2)28-29(33(3)4)35(27-15-11-23(12-16-27)25-8-6-18-31-20-25)21-34(28)26-13-9-22(10-14-26)24-7-5-17-30-19-24;/h5-20H,1-4H3;. The molecule has 2 aromatic carbocycles. The van der Waals surface area contributed by atoms with E-state index in [1.165, 1.54) is 0 Å². The fourth-order valence-electron chi connectivity index (χ4n) is 4.78. The van der Waals surface area contributed by atoms with Crippen molar-refractivity contribution in [1.29, 1.82) is 0 Å². The molecule has 1 saturated heterocycles. The average molecular weight is 653 g/mol. The SMILES string of the molecule is CN(C)B1B(N(C)C)N(c2ccc(-c3cccnc3)cc2)[C](=[Pt])N1c1ccc(-c2cccnc2)cc1. The molecule has 36 heavy (non-hydrogen) atoms. The summed E-state index contributed by atoms with van der Waals surface area (Å²) in [4.78, 5) is 18.0. The van der Waals surface area contributed by atoms with Crippen molar-refractivity contribution in [1.82, 2.24) is 19.6 Å². The van der Waals surface area contributed by atoms with Gasteiger partial charge in [-0.05, 0) is 0 Å². The number of benzene rings is 2. The molecule has 3 heterocycles. The maximum absolute atomic E-state index is 4.27. The van der Waals surface area contributed by atoms with Crippen LogP contribution in [-0.2, 0) is 19.4 Å². The van der Waals surface area contributed by atoms with E-state index in [9.17, 15) is 0 Å². The molecule has 9 heteroatoms. The van der Waals surface area contributed by atoms with Crippen molar-refractivity contribution < 1.29 is 19.4 Å². The van der Waals surface area contributed by atoms with Crippen molar-refractivity contribution in [2.45, 2.75) is 0 Å². The summed E-state index contributed by atoms with van der Waals surface area (Å²) in [6.07, 6.45) is 7.42. The summed E-state index contributed by atoms with van der Waals surface area (Å²) < 4.78 is 1.16. The first kappa shape index (κ1) is 24.6. The van der Waals surface area contributed by atoms with Crippen molar-refractivity contribution in [3.8, 4) is 22.3 Å². The molecule has 0 atom stereocenters. The fourth-order valence-corrected chi connectivity index (χ4v) is 5.97. The Balaban J connectivity index is 1.51. The van der Waals surface area contributed by atoms with E-state index < -0.39 is 0 Å². The van der Waals surface area contributed by atoms with Crippen LogP contribution in [0.2, 0.25) is 0 Å². The minimum absolute atomic E-state index is 0.120. The Kier molecular flexibility index (Phi) is 7.19. The summed E-state index contributed by atoms with van der Waals surface area (Å²) in [5.41, 5.74) is 6.88. The van der Waals surface area contributed by atoms with Gasteiger partial charge in [-0.2, -0.15) is 0 Å². The van der Waals surface area contributed by atoms with Crippen molar-refractivity contribution in [3.63, 3.8) is 0 Å². The summed E-state index contributed by atoms with van der Waals surface area (Å²) in [5, 5.41) is 0. The summed E-state index contributed by atoms with van der Waals surface area (Å²) in [5.74, 6) is 0. The van der Waals surface area contributed by atoms with Gasteiger partial charge < -0.3 is 0 Å². The predicted molar refractivity (Wildman–Crippen MR) is 148 cm³/mol. The van der Waals surface area contributed by atoms with Crippen LogP contribution in [0, 0.1) is 0 Å². The Morgan fingerprint density at radius 2 is 0.972 bits per heavy atom. The van der Waals surface area contributed by atoms with Crippen LogP contribution in [0.4, 0.5) is 11.4 Å².